The van der Waals surface area contributed by atoms with Crippen LogP contribution in [0.4, 0.5) is 10.1 Å². The Kier molecular flexibility index (Phi) is 6.35. The highest BCUT2D eigenvalue weighted by Gasteiger charge is 2.39. The lowest BCUT2D eigenvalue weighted by molar-refractivity contribution is -0.137. The van der Waals surface area contributed by atoms with Crippen LogP contribution < -0.4 is 5.32 Å². The van der Waals surface area contributed by atoms with E-state index in [9.17, 15) is 14.0 Å². The molecule has 0 aliphatic carbocycles. The second kappa shape index (κ2) is 8.76. The number of ether oxygens (including phenoxy) is 1. The average Bonchev–Trinajstić information content (AvgIpc) is 2.89. The summed E-state index contributed by atoms with van der Waals surface area (Å²) in [7, 11) is 0. The highest BCUT2D eigenvalue weighted by molar-refractivity contribution is 6.36. The predicted octanol–water partition coefficient (Wildman–Crippen LogP) is 4.40. The third kappa shape index (κ3) is 4.66. The van der Waals surface area contributed by atoms with Gasteiger partial charge in [-0.3, -0.25) is 14.5 Å². The Labute approximate surface area is 174 Å². The zero-order valence-corrected chi connectivity index (χ0v) is 17.2. The summed E-state index contributed by atoms with van der Waals surface area (Å²) in [5, 5.41) is 3.57. The van der Waals surface area contributed by atoms with Crippen molar-refractivity contribution in [1.29, 1.82) is 0 Å². The number of aryl methyl sites for hydroxylation is 1. The number of halogens is 2. The summed E-state index contributed by atoms with van der Waals surface area (Å²) >= 11 is 6.19. The van der Waals surface area contributed by atoms with E-state index in [2.05, 4.69) is 5.32 Å². The minimum atomic E-state index is -0.460. The molecule has 0 aromatic heterocycles. The lowest BCUT2D eigenvalue weighted by atomic mass is 10.0. The van der Waals surface area contributed by atoms with E-state index in [1.807, 2.05) is 26.8 Å². The van der Waals surface area contributed by atoms with Gasteiger partial charge >= 0.3 is 0 Å². The maximum Gasteiger partial charge on any atom is 0.278 e. The fourth-order valence-corrected chi connectivity index (χ4v) is 3.15. The van der Waals surface area contributed by atoms with Gasteiger partial charge in [0.1, 0.15) is 11.5 Å². The largest absolute Gasteiger partial charge is 0.377 e. The summed E-state index contributed by atoms with van der Waals surface area (Å²) in [5.41, 5.74) is 2.25. The van der Waals surface area contributed by atoms with Crippen molar-refractivity contribution < 1.29 is 18.7 Å². The van der Waals surface area contributed by atoms with E-state index in [0.29, 0.717) is 16.3 Å². The molecule has 1 heterocycles. The number of hydrogen-bond donors (Lipinski definition) is 1. The van der Waals surface area contributed by atoms with Crippen LogP contribution in [0, 0.1) is 12.7 Å². The van der Waals surface area contributed by atoms with Gasteiger partial charge in [0.05, 0.1) is 24.8 Å². The number of benzene rings is 2. The quantitative estimate of drug-likeness (QED) is 0.679. The summed E-state index contributed by atoms with van der Waals surface area (Å²) < 4.78 is 18.9. The van der Waals surface area contributed by atoms with Crippen molar-refractivity contribution in [2.24, 2.45) is 0 Å². The first-order valence-corrected chi connectivity index (χ1v) is 9.67. The van der Waals surface area contributed by atoms with Crippen molar-refractivity contribution >= 4 is 34.7 Å². The van der Waals surface area contributed by atoms with E-state index in [0.717, 1.165) is 10.5 Å². The molecule has 5 nitrogen and oxygen atoms in total. The van der Waals surface area contributed by atoms with E-state index in [1.165, 1.54) is 24.3 Å². The Hall–Kier alpha value is -2.70. The molecule has 2 aromatic rings. The molecule has 152 valence electrons. The van der Waals surface area contributed by atoms with Crippen LogP contribution in [0.5, 0.6) is 0 Å². The SMILES string of the molecule is Cc1ccc(NC2=C(c3ccc(F)cc3)C(=O)N(CCOC(C)C)C2=O)cc1Cl. The minimum absolute atomic E-state index is 0.0142. The van der Waals surface area contributed by atoms with E-state index in [4.69, 9.17) is 16.3 Å². The first-order valence-electron chi connectivity index (χ1n) is 9.29. The lowest BCUT2D eigenvalue weighted by Gasteiger charge is -2.16. The highest BCUT2D eigenvalue weighted by Crippen LogP contribution is 2.31. The Morgan fingerprint density at radius 1 is 1.10 bits per heavy atom. The number of amides is 2. The fraction of sp³-hybridized carbons (Fsp3) is 0.273. The summed E-state index contributed by atoms with van der Waals surface area (Å²) in [5.74, 6) is -1.33. The van der Waals surface area contributed by atoms with E-state index >= 15 is 0 Å². The molecule has 1 aliphatic rings. The highest BCUT2D eigenvalue weighted by atomic mass is 35.5. The number of nitrogens with one attached hydrogen (secondary N) is 1. The molecule has 29 heavy (non-hydrogen) atoms. The summed E-state index contributed by atoms with van der Waals surface area (Å²) in [4.78, 5) is 27.2. The van der Waals surface area contributed by atoms with Crippen LogP contribution >= 0.6 is 11.6 Å². The van der Waals surface area contributed by atoms with Crippen molar-refractivity contribution in [2.45, 2.75) is 26.9 Å². The van der Waals surface area contributed by atoms with Crippen molar-refractivity contribution in [3.63, 3.8) is 0 Å². The van der Waals surface area contributed by atoms with Gasteiger partial charge in [-0.1, -0.05) is 29.8 Å². The van der Waals surface area contributed by atoms with Crippen LogP contribution in [0.3, 0.4) is 0 Å². The number of anilines is 1. The molecule has 0 unspecified atom stereocenters. The number of carbonyl (C=O) groups is 2. The van der Waals surface area contributed by atoms with Gasteiger partial charge in [0, 0.05) is 10.7 Å². The van der Waals surface area contributed by atoms with Crippen molar-refractivity contribution in [3.05, 3.63) is 70.1 Å². The molecule has 1 N–H and O–H groups in total. The predicted molar refractivity (Wildman–Crippen MR) is 111 cm³/mol. The zero-order valence-electron chi connectivity index (χ0n) is 16.5. The average molecular weight is 417 g/mol. The van der Waals surface area contributed by atoms with Crippen molar-refractivity contribution in [3.8, 4) is 0 Å². The lowest BCUT2D eigenvalue weighted by Crippen LogP contribution is -2.35. The molecule has 0 spiro atoms. The second-order valence-corrected chi connectivity index (χ2v) is 7.43. The normalized spacial score (nSPS) is 14.3. The topological polar surface area (TPSA) is 58.6 Å². The smallest absolute Gasteiger partial charge is 0.278 e. The number of hydrogen-bond acceptors (Lipinski definition) is 4. The number of nitrogens with zero attached hydrogens (tertiary/aromatic N) is 1. The monoisotopic (exact) mass is 416 g/mol. The van der Waals surface area contributed by atoms with Crippen LogP contribution in [-0.2, 0) is 14.3 Å². The molecule has 0 saturated heterocycles. The zero-order chi connectivity index (χ0) is 21.1. The van der Waals surface area contributed by atoms with Gasteiger partial charge in [0.2, 0.25) is 0 Å². The van der Waals surface area contributed by atoms with Gasteiger partial charge < -0.3 is 10.1 Å². The number of imide groups is 1. The molecular formula is C22H22ClFN2O3. The Balaban J connectivity index is 1.97. The molecule has 0 fully saturated rings. The van der Waals surface area contributed by atoms with Crippen LogP contribution in [-0.4, -0.2) is 36.0 Å². The van der Waals surface area contributed by atoms with Crippen molar-refractivity contribution in [1.82, 2.24) is 4.90 Å². The maximum absolute atomic E-state index is 13.4. The summed E-state index contributed by atoms with van der Waals surface area (Å²) in [6.45, 7) is 5.99. The van der Waals surface area contributed by atoms with Gasteiger partial charge in [-0.05, 0) is 56.2 Å². The third-order valence-corrected chi connectivity index (χ3v) is 4.92. The molecule has 0 bridgehead atoms. The van der Waals surface area contributed by atoms with Gasteiger partial charge in [0.15, 0.2) is 0 Å². The molecule has 2 amide bonds. The Bertz CT molecular complexity index is 971. The Morgan fingerprint density at radius 2 is 1.79 bits per heavy atom. The van der Waals surface area contributed by atoms with Gasteiger partial charge in [-0.15, -0.1) is 0 Å². The molecule has 2 aromatic carbocycles. The molecule has 0 saturated carbocycles. The fourth-order valence-electron chi connectivity index (χ4n) is 2.97. The number of rotatable bonds is 7. The molecule has 0 atom stereocenters. The molecule has 0 radical (unpaired) electrons. The molecular weight excluding hydrogens is 395 g/mol. The van der Waals surface area contributed by atoms with E-state index in [1.54, 1.807) is 12.1 Å². The van der Waals surface area contributed by atoms with Crippen LogP contribution in [0.15, 0.2) is 48.2 Å². The summed E-state index contributed by atoms with van der Waals surface area (Å²) in [6, 6.07) is 10.8. The molecule has 1 aliphatic heterocycles. The second-order valence-electron chi connectivity index (χ2n) is 7.03. The first-order chi connectivity index (χ1) is 13.8. The number of carbonyl (C=O) groups excluding carboxylic acids is 2. The van der Waals surface area contributed by atoms with Crippen LogP contribution in [0.1, 0.15) is 25.0 Å². The van der Waals surface area contributed by atoms with E-state index < -0.39 is 17.6 Å². The maximum atomic E-state index is 13.4. The molecule has 7 heteroatoms. The van der Waals surface area contributed by atoms with Gasteiger partial charge in [-0.2, -0.15) is 0 Å². The molecule has 3 rings (SSSR count). The van der Waals surface area contributed by atoms with Crippen LogP contribution in [0.25, 0.3) is 5.57 Å². The Morgan fingerprint density at radius 3 is 2.41 bits per heavy atom. The summed E-state index contributed by atoms with van der Waals surface area (Å²) in [6.07, 6.45) is -0.0142. The van der Waals surface area contributed by atoms with Crippen molar-refractivity contribution in [2.75, 3.05) is 18.5 Å². The van der Waals surface area contributed by atoms with Gasteiger partial charge in [0.25, 0.3) is 11.8 Å². The van der Waals surface area contributed by atoms with Crippen LogP contribution in [0.2, 0.25) is 5.02 Å². The first kappa shape index (κ1) is 21.0. The minimum Gasteiger partial charge on any atom is -0.377 e. The van der Waals surface area contributed by atoms with Gasteiger partial charge in [-0.25, -0.2) is 4.39 Å². The third-order valence-electron chi connectivity index (χ3n) is 4.51. The van der Waals surface area contributed by atoms with E-state index in [-0.39, 0.29) is 30.5 Å². The standard InChI is InChI=1S/C22H22ClFN2O3/c1-13(2)29-11-10-26-21(27)19(15-5-7-16(24)8-6-15)20(22(26)28)25-17-9-4-14(3)18(23)12-17/h4-9,12-13,25H,10-11H2,1-3H3.